The van der Waals surface area contributed by atoms with Crippen LogP contribution < -0.4 is 4.74 Å². The number of hydrogen-bond donors (Lipinski definition) is 0. The molecule has 2 aromatic rings. The Labute approximate surface area is 301 Å². The van der Waals surface area contributed by atoms with E-state index < -0.39 is 16.6 Å². The quantitative estimate of drug-likeness (QED) is 0.0692. The highest BCUT2D eigenvalue weighted by Gasteiger charge is 2.48. The molecule has 0 N–H and O–H groups in total. The minimum absolute atomic E-state index is 0.0686. The Morgan fingerprint density at radius 2 is 1.49 bits per heavy atom. The zero-order chi connectivity index (χ0) is 35.3. The number of hydrogen-bond acceptors (Lipinski definition) is 5. The van der Waals surface area contributed by atoms with Crippen LogP contribution >= 0.6 is 0 Å². The van der Waals surface area contributed by atoms with Crippen LogP contribution in [0.3, 0.4) is 0 Å². The molecular formula is C42H68O5Si2. The van der Waals surface area contributed by atoms with E-state index in [1.165, 1.54) is 79.5 Å². The van der Waals surface area contributed by atoms with E-state index >= 15 is 0 Å². The number of unbranched alkanes of at least 4 members (excludes halogenated alkanes) is 2. The molecule has 0 heterocycles. The topological polar surface area (TPSA) is 54.0 Å². The van der Waals surface area contributed by atoms with Gasteiger partial charge in [0.25, 0.3) is 0 Å². The Balaban J connectivity index is 1.51. The van der Waals surface area contributed by atoms with Crippen LogP contribution in [-0.2, 0) is 37.8 Å². The number of rotatable bonds is 22. The lowest BCUT2D eigenvalue weighted by atomic mass is 9.73. The number of fused-ring (bicyclic) bond motifs is 2. The van der Waals surface area contributed by atoms with Gasteiger partial charge in [-0.3, -0.25) is 0 Å². The van der Waals surface area contributed by atoms with E-state index in [9.17, 15) is 4.79 Å². The van der Waals surface area contributed by atoms with Crippen LogP contribution in [-0.4, -0.2) is 41.4 Å². The summed E-state index contributed by atoms with van der Waals surface area (Å²) in [5.74, 6) is 2.26. The van der Waals surface area contributed by atoms with Crippen LogP contribution in [0.4, 0.5) is 0 Å². The smallest absolute Gasteiger partial charge is 0.344 e. The zero-order valence-corrected chi connectivity index (χ0v) is 34.1. The Hall–Kier alpha value is -1.94. The van der Waals surface area contributed by atoms with Crippen molar-refractivity contribution in [3.63, 3.8) is 0 Å². The fourth-order valence-corrected chi connectivity index (χ4v) is 14.8. The second-order valence-corrected chi connectivity index (χ2v) is 24.5. The van der Waals surface area contributed by atoms with Crippen LogP contribution in [0.25, 0.3) is 0 Å². The first-order valence-corrected chi connectivity index (χ1v) is 25.1. The minimum Gasteiger partial charge on any atom is -0.482 e. The molecule has 0 saturated heterocycles. The molecule has 0 aromatic heterocycles. The largest absolute Gasteiger partial charge is 0.482 e. The van der Waals surface area contributed by atoms with Gasteiger partial charge in [-0.2, -0.15) is 0 Å². The SMILES string of the molecule is CCCCC[C@@H](CC[C@@H]1[C@H]2Cc3cccc(OCC(=O)OCc4ccccc4)c3C[C@H]2C[C@H]1O[Si](CC)(CC)CC)O[Si](CC)(CC)CC. The number of esters is 1. The molecule has 1 saturated carbocycles. The summed E-state index contributed by atoms with van der Waals surface area (Å²) >= 11 is 0. The third kappa shape index (κ3) is 10.6. The van der Waals surface area contributed by atoms with Gasteiger partial charge < -0.3 is 18.3 Å². The molecule has 2 aliphatic carbocycles. The molecule has 0 aliphatic heterocycles. The minimum atomic E-state index is -1.78. The van der Waals surface area contributed by atoms with Crippen molar-refractivity contribution in [2.75, 3.05) is 6.61 Å². The van der Waals surface area contributed by atoms with Crippen molar-refractivity contribution in [1.82, 2.24) is 0 Å². The molecule has 0 amide bonds. The van der Waals surface area contributed by atoms with E-state index in [0.29, 0.717) is 30.0 Å². The number of carbonyl (C=O) groups excluding carboxylic acids is 1. The monoisotopic (exact) mass is 708 g/mol. The zero-order valence-electron chi connectivity index (χ0n) is 32.1. The highest BCUT2D eigenvalue weighted by atomic mass is 28.4. The number of carbonyl (C=O) groups is 1. The molecule has 2 aromatic carbocycles. The molecule has 2 aliphatic rings. The molecule has 5 nitrogen and oxygen atoms in total. The fraction of sp³-hybridized carbons (Fsp3) is 0.690. The standard InChI is InChI=1S/C42H68O5Si2/c1-8-15-17-24-36(46-48(9-2,10-3)11-4)26-27-37-38-28-34-23-20-25-40(44-32-42(43)45-31-33-21-18-16-19-22-33)39(34)29-35(38)30-41(37)47-49(12-5,13-6)14-7/h16,18-23,25,35-38,41H,8-15,17,24,26-32H2,1-7H3/t35-,36-,37+,38-,41+/m0/s1. The molecule has 0 bridgehead atoms. The van der Waals surface area contributed by atoms with Crippen LogP contribution in [0.2, 0.25) is 36.3 Å². The van der Waals surface area contributed by atoms with Crippen molar-refractivity contribution in [2.24, 2.45) is 17.8 Å². The van der Waals surface area contributed by atoms with Crippen molar-refractivity contribution < 1.29 is 23.1 Å². The van der Waals surface area contributed by atoms with Gasteiger partial charge in [-0.15, -0.1) is 0 Å². The lowest BCUT2D eigenvalue weighted by Gasteiger charge is -2.38. The molecule has 0 radical (unpaired) electrons. The second-order valence-electron chi connectivity index (χ2n) is 15.0. The maximum atomic E-state index is 12.6. The predicted octanol–water partition coefficient (Wildman–Crippen LogP) is 11.3. The Morgan fingerprint density at radius 1 is 0.796 bits per heavy atom. The maximum absolute atomic E-state index is 12.6. The Kier molecular flexibility index (Phi) is 15.9. The summed E-state index contributed by atoms with van der Waals surface area (Å²) in [5.41, 5.74) is 3.65. The van der Waals surface area contributed by atoms with E-state index in [1.54, 1.807) is 0 Å². The first-order valence-electron chi connectivity index (χ1n) is 20.1. The van der Waals surface area contributed by atoms with Crippen LogP contribution in [0, 0.1) is 17.8 Å². The highest BCUT2D eigenvalue weighted by Crippen LogP contribution is 2.51. The summed E-state index contributed by atoms with van der Waals surface area (Å²) in [6.07, 6.45) is 11.3. The van der Waals surface area contributed by atoms with E-state index in [4.69, 9.17) is 18.3 Å². The predicted molar refractivity (Wildman–Crippen MR) is 208 cm³/mol. The van der Waals surface area contributed by atoms with Gasteiger partial charge in [-0.1, -0.05) is 110 Å². The third-order valence-electron chi connectivity index (χ3n) is 12.5. The van der Waals surface area contributed by atoms with Gasteiger partial charge in [-0.25, -0.2) is 4.79 Å². The molecule has 274 valence electrons. The molecule has 4 rings (SSSR count). The van der Waals surface area contributed by atoms with Crippen LogP contribution in [0.15, 0.2) is 48.5 Å². The van der Waals surface area contributed by atoms with Gasteiger partial charge in [-0.05, 0) is 115 Å². The summed E-state index contributed by atoms with van der Waals surface area (Å²) in [5, 5.41) is 0. The first-order chi connectivity index (χ1) is 23.8. The van der Waals surface area contributed by atoms with E-state index in [-0.39, 0.29) is 19.2 Å². The van der Waals surface area contributed by atoms with Crippen molar-refractivity contribution in [2.45, 2.75) is 161 Å². The van der Waals surface area contributed by atoms with Gasteiger partial charge in [0.1, 0.15) is 12.4 Å². The second kappa shape index (κ2) is 19.6. The summed E-state index contributed by atoms with van der Waals surface area (Å²) in [6.45, 7) is 16.7. The van der Waals surface area contributed by atoms with E-state index in [1.807, 2.05) is 36.4 Å². The summed E-state index contributed by atoms with van der Waals surface area (Å²) in [7, 11) is -3.46. The van der Waals surface area contributed by atoms with Crippen LogP contribution in [0.5, 0.6) is 5.75 Å². The lowest BCUT2D eigenvalue weighted by Crippen LogP contribution is -2.42. The molecule has 0 unspecified atom stereocenters. The summed E-state index contributed by atoms with van der Waals surface area (Å²) in [6, 6.07) is 23.5. The molecule has 0 spiro atoms. The van der Waals surface area contributed by atoms with Crippen LogP contribution in [0.1, 0.15) is 110 Å². The lowest BCUT2D eigenvalue weighted by molar-refractivity contribution is -0.147. The van der Waals surface area contributed by atoms with Gasteiger partial charge in [0.05, 0.1) is 0 Å². The highest BCUT2D eigenvalue weighted by molar-refractivity contribution is 6.74. The first kappa shape index (κ1) is 39.8. The van der Waals surface area contributed by atoms with Crippen molar-refractivity contribution in [3.05, 3.63) is 65.2 Å². The summed E-state index contributed by atoms with van der Waals surface area (Å²) < 4.78 is 26.4. The number of benzene rings is 2. The normalized spacial score (nSPS) is 21.2. The third-order valence-corrected chi connectivity index (χ3v) is 21.9. The Bertz CT molecular complexity index is 1240. The summed E-state index contributed by atoms with van der Waals surface area (Å²) in [4.78, 5) is 12.6. The fourth-order valence-electron chi connectivity index (χ4n) is 8.90. The van der Waals surface area contributed by atoms with E-state index in [2.05, 4.69) is 60.6 Å². The molecule has 1 fully saturated rings. The molecule has 49 heavy (non-hydrogen) atoms. The van der Waals surface area contributed by atoms with Crippen molar-refractivity contribution >= 4 is 22.6 Å². The molecule has 5 atom stereocenters. The molecule has 7 heteroatoms. The number of ether oxygens (including phenoxy) is 2. The van der Waals surface area contributed by atoms with Gasteiger partial charge in [0.15, 0.2) is 23.2 Å². The van der Waals surface area contributed by atoms with Gasteiger partial charge in [0.2, 0.25) is 0 Å². The van der Waals surface area contributed by atoms with E-state index in [0.717, 1.165) is 37.0 Å². The van der Waals surface area contributed by atoms with Crippen molar-refractivity contribution in [3.8, 4) is 5.75 Å². The average molecular weight is 709 g/mol. The van der Waals surface area contributed by atoms with Crippen molar-refractivity contribution in [1.29, 1.82) is 0 Å². The molecular weight excluding hydrogens is 641 g/mol. The maximum Gasteiger partial charge on any atom is 0.344 e. The average Bonchev–Trinajstić information content (AvgIpc) is 3.47. The Morgan fingerprint density at radius 3 is 2.14 bits per heavy atom. The van der Waals surface area contributed by atoms with Gasteiger partial charge >= 0.3 is 5.97 Å². The van der Waals surface area contributed by atoms with Gasteiger partial charge in [0, 0.05) is 12.2 Å².